The van der Waals surface area contributed by atoms with E-state index < -0.39 is 5.91 Å². The Labute approximate surface area is 125 Å². The van der Waals surface area contributed by atoms with Crippen molar-refractivity contribution < 1.29 is 18.5 Å². The average Bonchev–Trinajstić information content (AvgIpc) is 3.19. The van der Waals surface area contributed by atoms with Crippen molar-refractivity contribution in [2.75, 3.05) is 11.9 Å². The maximum atomic E-state index is 11.7. The van der Waals surface area contributed by atoms with E-state index in [-0.39, 0.29) is 17.7 Å². The molecule has 0 fully saturated rings. The fraction of sp³-hybridized carbons (Fsp3) is 0.143. The minimum absolute atomic E-state index is 0.0229. The zero-order valence-electron chi connectivity index (χ0n) is 11.6. The largest absolute Gasteiger partial charge is 0.494 e. The van der Waals surface area contributed by atoms with Gasteiger partial charge in [0.05, 0.1) is 12.8 Å². The first-order valence-electron chi connectivity index (χ1n) is 6.55. The number of hydrogen-bond acceptors (Lipinski definition) is 7. The van der Waals surface area contributed by atoms with Gasteiger partial charge in [0.25, 0.3) is 5.91 Å². The Bertz CT molecular complexity index is 750. The third-order valence-electron chi connectivity index (χ3n) is 2.72. The number of nitrogens with zero attached hydrogens (tertiary/aromatic N) is 3. The third kappa shape index (κ3) is 2.95. The normalized spacial score (nSPS) is 10.4. The number of nitrogens with one attached hydrogen (secondary N) is 1. The predicted octanol–water partition coefficient (Wildman–Crippen LogP) is 2.38. The van der Waals surface area contributed by atoms with Gasteiger partial charge in [0.2, 0.25) is 11.7 Å². The number of anilines is 1. The number of carbonyl (C=O) groups excluding carboxylic acids is 1. The molecule has 22 heavy (non-hydrogen) atoms. The molecule has 0 bridgehead atoms. The average molecular weight is 300 g/mol. The molecule has 8 nitrogen and oxygen atoms in total. The highest BCUT2D eigenvalue weighted by Crippen LogP contribution is 2.22. The van der Waals surface area contributed by atoms with E-state index in [1.54, 1.807) is 24.3 Å². The Balaban J connectivity index is 1.72. The van der Waals surface area contributed by atoms with E-state index in [4.69, 9.17) is 13.7 Å². The van der Waals surface area contributed by atoms with Gasteiger partial charge in [-0.1, -0.05) is 10.3 Å². The first-order chi connectivity index (χ1) is 10.8. The molecule has 0 unspecified atom stereocenters. The summed E-state index contributed by atoms with van der Waals surface area (Å²) >= 11 is 0. The molecule has 0 saturated carbocycles. The zero-order chi connectivity index (χ0) is 15.4. The third-order valence-corrected chi connectivity index (χ3v) is 2.72. The van der Waals surface area contributed by atoms with Gasteiger partial charge in [0.15, 0.2) is 0 Å². The highest BCUT2D eigenvalue weighted by Gasteiger charge is 2.15. The molecule has 0 saturated heterocycles. The summed E-state index contributed by atoms with van der Waals surface area (Å²) in [5.74, 6) is 0.584. The molecule has 0 spiro atoms. The Morgan fingerprint density at radius 1 is 1.23 bits per heavy atom. The fourth-order valence-corrected chi connectivity index (χ4v) is 1.74. The van der Waals surface area contributed by atoms with Crippen LogP contribution in [0.2, 0.25) is 0 Å². The Kier molecular flexibility index (Phi) is 3.82. The quantitative estimate of drug-likeness (QED) is 0.771. The van der Waals surface area contributed by atoms with Crippen molar-refractivity contribution in [3.8, 4) is 17.2 Å². The van der Waals surface area contributed by atoms with Crippen LogP contribution in [0.4, 0.5) is 6.01 Å². The van der Waals surface area contributed by atoms with Gasteiger partial charge < -0.3 is 13.7 Å². The molecule has 1 aromatic carbocycles. The molecular formula is C14H12N4O4. The first-order valence-corrected chi connectivity index (χ1v) is 6.55. The SMILES string of the molecule is CCOc1ccc(-c2nnc(NC(=O)c3ccno3)o2)cc1. The lowest BCUT2D eigenvalue weighted by atomic mass is 10.2. The Hall–Kier alpha value is -3.16. The number of ether oxygens (including phenoxy) is 1. The molecular weight excluding hydrogens is 288 g/mol. The molecule has 0 aliphatic carbocycles. The molecule has 3 rings (SSSR count). The molecule has 2 aromatic heterocycles. The molecule has 2 heterocycles. The summed E-state index contributed by atoms with van der Waals surface area (Å²) in [4.78, 5) is 11.7. The molecule has 8 heteroatoms. The van der Waals surface area contributed by atoms with E-state index in [2.05, 4.69) is 20.7 Å². The van der Waals surface area contributed by atoms with Crippen LogP contribution < -0.4 is 10.1 Å². The predicted molar refractivity (Wildman–Crippen MR) is 75.4 cm³/mol. The van der Waals surface area contributed by atoms with E-state index >= 15 is 0 Å². The highest BCUT2D eigenvalue weighted by atomic mass is 16.5. The number of hydrogen-bond donors (Lipinski definition) is 1. The standard InChI is InChI=1S/C14H12N4O4/c1-2-20-10-5-3-9(4-6-10)13-17-18-14(21-13)16-12(19)11-7-8-15-22-11/h3-8H,2H2,1H3,(H,16,18,19). The number of aromatic nitrogens is 3. The molecule has 1 amide bonds. The first kappa shape index (κ1) is 13.8. The van der Waals surface area contributed by atoms with Gasteiger partial charge in [-0.05, 0) is 31.2 Å². The summed E-state index contributed by atoms with van der Waals surface area (Å²) in [7, 11) is 0. The van der Waals surface area contributed by atoms with Gasteiger partial charge in [-0.2, -0.15) is 0 Å². The van der Waals surface area contributed by atoms with Crippen LogP contribution in [0, 0.1) is 0 Å². The summed E-state index contributed by atoms with van der Waals surface area (Å²) in [6.07, 6.45) is 1.37. The van der Waals surface area contributed by atoms with Crippen molar-refractivity contribution >= 4 is 11.9 Å². The zero-order valence-corrected chi connectivity index (χ0v) is 11.6. The van der Waals surface area contributed by atoms with Crippen LogP contribution in [-0.2, 0) is 0 Å². The highest BCUT2D eigenvalue weighted by molar-refractivity contribution is 6.00. The van der Waals surface area contributed by atoms with Crippen molar-refractivity contribution in [3.63, 3.8) is 0 Å². The van der Waals surface area contributed by atoms with Crippen LogP contribution >= 0.6 is 0 Å². The lowest BCUT2D eigenvalue weighted by Gasteiger charge is -2.02. The second-order valence-corrected chi connectivity index (χ2v) is 4.20. The lowest BCUT2D eigenvalue weighted by Crippen LogP contribution is -2.11. The Morgan fingerprint density at radius 2 is 2.05 bits per heavy atom. The van der Waals surface area contributed by atoms with Crippen LogP contribution in [0.1, 0.15) is 17.5 Å². The van der Waals surface area contributed by atoms with Gasteiger partial charge >= 0.3 is 6.01 Å². The van der Waals surface area contributed by atoms with E-state index in [0.29, 0.717) is 6.61 Å². The number of rotatable bonds is 5. The molecule has 0 aliphatic heterocycles. The van der Waals surface area contributed by atoms with Gasteiger partial charge in [-0.3, -0.25) is 10.1 Å². The Morgan fingerprint density at radius 3 is 2.73 bits per heavy atom. The van der Waals surface area contributed by atoms with Crippen LogP contribution in [0.15, 0.2) is 45.5 Å². The molecule has 112 valence electrons. The summed E-state index contributed by atoms with van der Waals surface area (Å²) in [6, 6.07) is 8.59. The summed E-state index contributed by atoms with van der Waals surface area (Å²) in [5.41, 5.74) is 0.719. The van der Waals surface area contributed by atoms with E-state index in [0.717, 1.165) is 11.3 Å². The van der Waals surface area contributed by atoms with E-state index in [9.17, 15) is 4.79 Å². The van der Waals surface area contributed by atoms with E-state index in [1.165, 1.54) is 12.3 Å². The fourth-order valence-electron chi connectivity index (χ4n) is 1.74. The molecule has 0 atom stereocenters. The summed E-state index contributed by atoms with van der Waals surface area (Å²) < 4.78 is 15.5. The lowest BCUT2D eigenvalue weighted by molar-refractivity contribution is 0.0985. The van der Waals surface area contributed by atoms with Crippen LogP contribution in [0.5, 0.6) is 5.75 Å². The van der Waals surface area contributed by atoms with Gasteiger partial charge in [-0.25, -0.2) is 0 Å². The maximum Gasteiger partial charge on any atom is 0.322 e. The molecule has 0 aliphatic rings. The van der Waals surface area contributed by atoms with Gasteiger partial charge in [-0.15, -0.1) is 5.10 Å². The number of carbonyl (C=O) groups is 1. The summed E-state index contributed by atoms with van der Waals surface area (Å²) in [5, 5.41) is 13.5. The second kappa shape index (κ2) is 6.08. The topological polar surface area (TPSA) is 103 Å². The minimum atomic E-state index is -0.514. The van der Waals surface area contributed by atoms with Crippen molar-refractivity contribution in [1.82, 2.24) is 15.4 Å². The van der Waals surface area contributed by atoms with Crippen LogP contribution in [0.3, 0.4) is 0 Å². The molecule has 1 N–H and O–H groups in total. The van der Waals surface area contributed by atoms with Crippen molar-refractivity contribution in [2.45, 2.75) is 6.92 Å². The van der Waals surface area contributed by atoms with Crippen molar-refractivity contribution in [2.24, 2.45) is 0 Å². The van der Waals surface area contributed by atoms with Gasteiger partial charge in [0.1, 0.15) is 5.75 Å². The molecule has 3 aromatic rings. The molecule has 0 radical (unpaired) electrons. The minimum Gasteiger partial charge on any atom is -0.494 e. The van der Waals surface area contributed by atoms with Crippen molar-refractivity contribution in [3.05, 3.63) is 42.3 Å². The van der Waals surface area contributed by atoms with E-state index in [1.807, 2.05) is 6.92 Å². The smallest absolute Gasteiger partial charge is 0.322 e. The number of benzene rings is 1. The number of amides is 1. The van der Waals surface area contributed by atoms with Crippen molar-refractivity contribution in [1.29, 1.82) is 0 Å². The maximum absolute atomic E-state index is 11.7. The van der Waals surface area contributed by atoms with Crippen LogP contribution in [-0.4, -0.2) is 27.9 Å². The second-order valence-electron chi connectivity index (χ2n) is 4.20. The summed E-state index contributed by atoms with van der Waals surface area (Å²) in [6.45, 7) is 2.51. The monoisotopic (exact) mass is 300 g/mol. The van der Waals surface area contributed by atoms with Gasteiger partial charge in [0, 0.05) is 11.6 Å². The van der Waals surface area contributed by atoms with Crippen LogP contribution in [0.25, 0.3) is 11.5 Å².